The molecule has 0 radical (unpaired) electrons. The fourth-order valence-electron chi connectivity index (χ4n) is 2.22. The zero-order valence-corrected chi connectivity index (χ0v) is 13.3. The maximum atomic E-state index is 12.6. The molecule has 0 heterocycles. The molecule has 1 aliphatic rings. The van der Waals surface area contributed by atoms with Crippen molar-refractivity contribution in [2.45, 2.75) is 24.3 Å². The van der Waals surface area contributed by atoms with E-state index in [1.54, 1.807) is 7.05 Å². The summed E-state index contributed by atoms with van der Waals surface area (Å²) in [6.45, 7) is 0.195. The van der Waals surface area contributed by atoms with Crippen LogP contribution in [0.4, 0.5) is 0 Å². The highest BCUT2D eigenvalue weighted by atomic mass is 32.2. The summed E-state index contributed by atoms with van der Waals surface area (Å²) in [5.74, 6) is 1.11. The van der Waals surface area contributed by atoms with E-state index in [9.17, 15) is 13.5 Å². The Hall–Kier alpha value is -1.31. The van der Waals surface area contributed by atoms with Gasteiger partial charge in [-0.15, -0.1) is 0 Å². The SMILES string of the molecule is COc1cc(S(=O)(=O)N(C)CC2CC2)cc(CO)c1OC. The average Bonchev–Trinajstić information content (AvgIpc) is 3.29. The van der Waals surface area contributed by atoms with Crippen molar-refractivity contribution in [2.24, 2.45) is 5.92 Å². The van der Waals surface area contributed by atoms with E-state index >= 15 is 0 Å². The van der Waals surface area contributed by atoms with Gasteiger partial charge in [0.1, 0.15) is 0 Å². The minimum absolute atomic E-state index is 0.104. The predicted octanol–water partition coefficient (Wildman–Crippen LogP) is 1.23. The Morgan fingerprint density at radius 3 is 2.43 bits per heavy atom. The quantitative estimate of drug-likeness (QED) is 0.819. The number of hydrogen-bond donors (Lipinski definition) is 1. The lowest BCUT2D eigenvalue weighted by atomic mass is 10.2. The summed E-state index contributed by atoms with van der Waals surface area (Å²) in [4.78, 5) is 0.104. The minimum Gasteiger partial charge on any atom is -0.493 e. The molecule has 1 saturated carbocycles. The van der Waals surface area contributed by atoms with Crippen LogP contribution in [0.1, 0.15) is 18.4 Å². The Kier molecular flexibility index (Phi) is 4.75. The number of methoxy groups -OCH3 is 2. The number of aliphatic hydroxyl groups is 1. The van der Waals surface area contributed by atoms with Crippen LogP contribution >= 0.6 is 0 Å². The number of sulfonamides is 1. The van der Waals surface area contributed by atoms with E-state index in [2.05, 4.69) is 0 Å². The highest BCUT2D eigenvalue weighted by Gasteiger charge is 2.30. The van der Waals surface area contributed by atoms with Gasteiger partial charge < -0.3 is 14.6 Å². The summed E-state index contributed by atoms with van der Waals surface area (Å²) in [6, 6.07) is 2.86. The van der Waals surface area contributed by atoms with Crippen LogP contribution in [0.25, 0.3) is 0 Å². The van der Waals surface area contributed by atoms with E-state index in [1.165, 1.54) is 30.7 Å². The minimum atomic E-state index is -3.60. The topological polar surface area (TPSA) is 76.1 Å². The molecule has 0 unspecified atom stereocenters. The predicted molar refractivity (Wildman–Crippen MR) is 78.0 cm³/mol. The van der Waals surface area contributed by atoms with Crippen molar-refractivity contribution in [3.63, 3.8) is 0 Å². The summed E-state index contributed by atoms with van der Waals surface area (Å²) in [5.41, 5.74) is 0.384. The number of nitrogens with zero attached hydrogens (tertiary/aromatic N) is 1. The molecule has 0 amide bonds. The van der Waals surface area contributed by atoms with Crippen molar-refractivity contribution >= 4 is 10.0 Å². The Morgan fingerprint density at radius 1 is 1.29 bits per heavy atom. The summed E-state index contributed by atoms with van der Waals surface area (Å²) >= 11 is 0. The largest absolute Gasteiger partial charge is 0.493 e. The van der Waals surface area contributed by atoms with Crippen LogP contribution in [-0.4, -0.2) is 45.6 Å². The lowest BCUT2D eigenvalue weighted by Crippen LogP contribution is -2.29. The first-order valence-corrected chi connectivity index (χ1v) is 8.20. The molecule has 0 spiro atoms. The first kappa shape index (κ1) is 16.1. The Labute approximate surface area is 125 Å². The monoisotopic (exact) mass is 315 g/mol. The molecule has 0 saturated heterocycles. The molecule has 0 aliphatic heterocycles. The fourth-order valence-corrected chi connectivity index (χ4v) is 3.54. The molecular formula is C14H21NO5S. The number of benzene rings is 1. The van der Waals surface area contributed by atoms with Crippen molar-refractivity contribution < 1.29 is 23.0 Å². The molecule has 0 atom stereocenters. The van der Waals surface area contributed by atoms with Crippen molar-refractivity contribution in [3.8, 4) is 11.5 Å². The molecule has 6 nitrogen and oxygen atoms in total. The molecule has 1 N–H and O–H groups in total. The van der Waals surface area contributed by atoms with Gasteiger partial charge in [-0.05, 0) is 24.8 Å². The third-order valence-electron chi connectivity index (χ3n) is 3.62. The van der Waals surface area contributed by atoms with E-state index in [0.29, 0.717) is 29.5 Å². The van der Waals surface area contributed by atoms with Gasteiger partial charge in [-0.1, -0.05) is 0 Å². The van der Waals surface area contributed by atoms with Gasteiger partial charge in [0.25, 0.3) is 0 Å². The second kappa shape index (κ2) is 6.21. The van der Waals surface area contributed by atoms with Crippen molar-refractivity contribution in [2.75, 3.05) is 27.8 Å². The van der Waals surface area contributed by atoms with Gasteiger partial charge >= 0.3 is 0 Å². The maximum Gasteiger partial charge on any atom is 0.242 e. The fraction of sp³-hybridized carbons (Fsp3) is 0.571. The van der Waals surface area contributed by atoms with Gasteiger partial charge in [0, 0.05) is 25.2 Å². The highest BCUT2D eigenvalue weighted by molar-refractivity contribution is 7.89. The van der Waals surface area contributed by atoms with Crippen LogP contribution in [0, 0.1) is 5.92 Å². The van der Waals surface area contributed by atoms with Gasteiger partial charge in [-0.25, -0.2) is 12.7 Å². The second-order valence-corrected chi connectivity index (χ2v) is 7.25. The van der Waals surface area contributed by atoms with Crippen molar-refractivity contribution in [3.05, 3.63) is 17.7 Å². The first-order valence-electron chi connectivity index (χ1n) is 6.76. The zero-order valence-electron chi connectivity index (χ0n) is 12.5. The zero-order chi connectivity index (χ0) is 15.6. The molecule has 7 heteroatoms. The Bertz CT molecular complexity index is 585. The molecule has 118 valence electrons. The Morgan fingerprint density at radius 2 is 1.95 bits per heavy atom. The van der Waals surface area contributed by atoms with Crippen LogP contribution in [-0.2, 0) is 16.6 Å². The summed E-state index contributed by atoms with van der Waals surface area (Å²) in [7, 11) is 0.858. The third kappa shape index (κ3) is 3.30. The molecule has 2 rings (SSSR count). The Balaban J connectivity index is 2.42. The summed E-state index contributed by atoms with van der Waals surface area (Å²) in [6.07, 6.45) is 2.15. The molecule has 0 bridgehead atoms. The lowest BCUT2D eigenvalue weighted by Gasteiger charge is -2.19. The van der Waals surface area contributed by atoms with E-state index in [1.807, 2.05) is 0 Å². The normalized spacial score (nSPS) is 15.3. The van der Waals surface area contributed by atoms with Gasteiger partial charge in [0.15, 0.2) is 11.5 Å². The van der Waals surface area contributed by atoms with Gasteiger partial charge in [0.05, 0.1) is 25.7 Å². The average molecular weight is 315 g/mol. The van der Waals surface area contributed by atoms with Gasteiger partial charge in [-0.2, -0.15) is 0 Å². The van der Waals surface area contributed by atoms with Gasteiger partial charge in [0.2, 0.25) is 10.0 Å². The molecule has 1 aromatic rings. The molecule has 1 fully saturated rings. The number of aliphatic hydroxyl groups excluding tert-OH is 1. The number of hydrogen-bond acceptors (Lipinski definition) is 5. The van der Waals surface area contributed by atoms with E-state index in [4.69, 9.17) is 9.47 Å². The van der Waals surface area contributed by atoms with Crippen LogP contribution in [0.5, 0.6) is 11.5 Å². The second-order valence-electron chi connectivity index (χ2n) is 5.20. The van der Waals surface area contributed by atoms with Crippen LogP contribution in [0.3, 0.4) is 0 Å². The summed E-state index contributed by atoms with van der Waals surface area (Å²) in [5, 5.41) is 9.41. The summed E-state index contributed by atoms with van der Waals surface area (Å²) < 4.78 is 36.8. The third-order valence-corrected chi connectivity index (χ3v) is 5.42. The van der Waals surface area contributed by atoms with Crippen LogP contribution in [0.2, 0.25) is 0 Å². The maximum absolute atomic E-state index is 12.6. The van der Waals surface area contributed by atoms with E-state index < -0.39 is 10.0 Å². The van der Waals surface area contributed by atoms with Crippen LogP contribution < -0.4 is 9.47 Å². The number of ether oxygens (including phenoxy) is 2. The van der Waals surface area contributed by atoms with E-state index in [0.717, 1.165) is 12.8 Å². The van der Waals surface area contributed by atoms with Crippen LogP contribution in [0.15, 0.2) is 17.0 Å². The van der Waals surface area contributed by atoms with Gasteiger partial charge in [-0.3, -0.25) is 0 Å². The molecule has 21 heavy (non-hydrogen) atoms. The molecule has 1 aromatic carbocycles. The smallest absolute Gasteiger partial charge is 0.242 e. The van der Waals surface area contributed by atoms with Crippen molar-refractivity contribution in [1.82, 2.24) is 4.31 Å². The number of rotatable bonds is 7. The molecule has 0 aromatic heterocycles. The molecule has 1 aliphatic carbocycles. The molecular weight excluding hydrogens is 294 g/mol. The first-order chi connectivity index (χ1) is 9.93. The van der Waals surface area contributed by atoms with Crippen molar-refractivity contribution in [1.29, 1.82) is 0 Å². The van der Waals surface area contributed by atoms with E-state index in [-0.39, 0.29) is 11.5 Å². The highest BCUT2D eigenvalue weighted by Crippen LogP contribution is 2.36. The lowest BCUT2D eigenvalue weighted by molar-refractivity contribution is 0.269. The standard InChI is InChI=1S/C14H21NO5S/c1-15(8-10-4-5-10)21(17,18)12-6-11(9-16)14(20-3)13(7-12)19-2/h6-7,10,16H,4-5,8-9H2,1-3H3.